The second kappa shape index (κ2) is 8.47. The number of hydrogen-bond donors (Lipinski definition) is 1. The number of amides is 1. The molecule has 7 heteroatoms. The van der Waals surface area contributed by atoms with Crippen LogP contribution in [0.2, 0.25) is 0 Å². The fourth-order valence-corrected chi connectivity index (χ4v) is 3.45. The smallest absolute Gasteiger partial charge is 0.263 e. The van der Waals surface area contributed by atoms with Crippen molar-refractivity contribution in [2.45, 2.75) is 20.8 Å². The van der Waals surface area contributed by atoms with Crippen LogP contribution in [-0.2, 0) is 4.79 Å². The molecule has 1 amide bonds. The molecule has 0 radical (unpaired) electrons. The number of nitrogens with zero attached hydrogens (tertiary/aromatic N) is 3. The number of para-hydroxylation sites is 2. The van der Waals surface area contributed by atoms with E-state index in [0.717, 1.165) is 27.7 Å². The van der Waals surface area contributed by atoms with Crippen molar-refractivity contribution >= 4 is 22.6 Å². The lowest BCUT2D eigenvalue weighted by Crippen LogP contribution is -2.22. The summed E-state index contributed by atoms with van der Waals surface area (Å²) in [7, 11) is 1.62. The van der Waals surface area contributed by atoms with Gasteiger partial charge in [-0.05, 0) is 50.1 Å². The molecule has 0 atom stereocenters. The summed E-state index contributed by atoms with van der Waals surface area (Å²) in [5, 5.41) is 8.41. The Hall–Kier alpha value is -3.87. The van der Waals surface area contributed by atoms with Crippen molar-refractivity contribution in [2.75, 3.05) is 19.0 Å². The highest BCUT2D eigenvalue weighted by atomic mass is 16.5. The Morgan fingerprint density at radius 1 is 1.00 bits per heavy atom. The number of hydrogen-bond acceptors (Lipinski definition) is 5. The standard InChI is InChI=1S/C24H24N4O3/c1-15-8-5-6-10-19(15)31-14-23(29)25-22-13-17(3)27-28(22)21-12-16(2)18-9-7-11-20(30-4)24(18)26-21/h5-13H,14H2,1-4H3,(H,25,29). The number of methoxy groups -OCH3 is 1. The number of nitrogens with one attached hydrogen (secondary N) is 1. The summed E-state index contributed by atoms with van der Waals surface area (Å²) < 4.78 is 12.8. The number of ether oxygens (including phenoxy) is 2. The lowest BCUT2D eigenvalue weighted by atomic mass is 10.1. The third-order valence-corrected chi connectivity index (χ3v) is 4.98. The zero-order valence-corrected chi connectivity index (χ0v) is 18.0. The van der Waals surface area contributed by atoms with Crippen LogP contribution in [0.3, 0.4) is 0 Å². The van der Waals surface area contributed by atoms with Crippen molar-refractivity contribution in [3.63, 3.8) is 0 Å². The van der Waals surface area contributed by atoms with Gasteiger partial charge >= 0.3 is 0 Å². The van der Waals surface area contributed by atoms with Crippen molar-refractivity contribution in [1.29, 1.82) is 0 Å². The van der Waals surface area contributed by atoms with E-state index in [1.807, 2.05) is 69.3 Å². The first kappa shape index (κ1) is 20.4. The Kier molecular flexibility index (Phi) is 5.58. The highest BCUT2D eigenvalue weighted by Gasteiger charge is 2.15. The maximum Gasteiger partial charge on any atom is 0.263 e. The number of carbonyl (C=O) groups is 1. The quantitative estimate of drug-likeness (QED) is 0.505. The monoisotopic (exact) mass is 416 g/mol. The van der Waals surface area contributed by atoms with Crippen molar-refractivity contribution in [3.8, 4) is 17.3 Å². The van der Waals surface area contributed by atoms with Crippen molar-refractivity contribution in [3.05, 3.63) is 71.4 Å². The first-order valence-corrected chi connectivity index (χ1v) is 9.96. The molecule has 2 aromatic carbocycles. The van der Waals surface area contributed by atoms with Gasteiger partial charge in [-0.15, -0.1) is 0 Å². The number of benzene rings is 2. The number of rotatable bonds is 6. The van der Waals surface area contributed by atoms with Crippen LogP contribution in [0.1, 0.15) is 16.8 Å². The summed E-state index contributed by atoms with van der Waals surface area (Å²) in [4.78, 5) is 17.3. The van der Waals surface area contributed by atoms with Gasteiger partial charge in [-0.2, -0.15) is 9.78 Å². The lowest BCUT2D eigenvalue weighted by molar-refractivity contribution is -0.118. The highest BCUT2D eigenvalue weighted by Crippen LogP contribution is 2.28. The fraction of sp³-hybridized carbons (Fsp3) is 0.208. The third-order valence-electron chi connectivity index (χ3n) is 4.98. The average Bonchev–Trinajstić information content (AvgIpc) is 3.12. The zero-order chi connectivity index (χ0) is 22.0. The number of fused-ring (bicyclic) bond motifs is 1. The summed E-state index contributed by atoms with van der Waals surface area (Å²) in [5.41, 5.74) is 3.51. The predicted molar refractivity (Wildman–Crippen MR) is 120 cm³/mol. The first-order chi connectivity index (χ1) is 15.0. The van der Waals surface area contributed by atoms with Gasteiger partial charge in [0.2, 0.25) is 0 Å². The second-order valence-electron chi connectivity index (χ2n) is 7.34. The predicted octanol–water partition coefficient (Wildman–Crippen LogP) is 4.37. The van der Waals surface area contributed by atoms with Crippen LogP contribution in [0.15, 0.2) is 54.6 Å². The average molecular weight is 416 g/mol. The minimum atomic E-state index is -0.278. The molecule has 1 N–H and O–H groups in total. The maximum absolute atomic E-state index is 12.6. The Labute approximate surface area is 180 Å². The molecule has 0 aliphatic heterocycles. The van der Waals surface area contributed by atoms with Crippen LogP contribution in [-0.4, -0.2) is 34.4 Å². The molecule has 0 bridgehead atoms. The summed E-state index contributed by atoms with van der Waals surface area (Å²) in [6, 6.07) is 17.1. The van der Waals surface area contributed by atoms with Crippen molar-refractivity contribution in [2.24, 2.45) is 0 Å². The molecule has 0 aliphatic carbocycles. The fourth-order valence-electron chi connectivity index (χ4n) is 3.45. The Bertz CT molecular complexity index is 1260. The molecule has 0 saturated heterocycles. The van der Waals surface area contributed by atoms with Gasteiger partial charge in [-0.3, -0.25) is 4.79 Å². The largest absolute Gasteiger partial charge is 0.494 e. The van der Waals surface area contributed by atoms with E-state index < -0.39 is 0 Å². The molecule has 0 saturated carbocycles. The number of pyridine rings is 1. The van der Waals surface area contributed by atoms with Crippen molar-refractivity contribution in [1.82, 2.24) is 14.8 Å². The van der Waals surface area contributed by atoms with E-state index in [-0.39, 0.29) is 12.5 Å². The molecule has 0 unspecified atom stereocenters. The van der Waals surface area contributed by atoms with Gasteiger partial charge in [-0.1, -0.05) is 30.3 Å². The Morgan fingerprint density at radius 3 is 2.55 bits per heavy atom. The van der Waals surface area contributed by atoms with Crippen LogP contribution < -0.4 is 14.8 Å². The summed E-state index contributed by atoms with van der Waals surface area (Å²) in [6.45, 7) is 5.71. The van der Waals surface area contributed by atoms with Crippen LogP contribution >= 0.6 is 0 Å². The molecule has 2 heterocycles. The lowest BCUT2D eigenvalue weighted by Gasteiger charge is -2.13. The van der Waals surface area contributed by atoms with E-state index in [9.17, 15) is 4.79 Å². The minimum Gasteiger partial charge on any atom is -0.494 e. The van der Waals surface area contributed by atoms with Gasteiger partial charge < -0.3 is 14.8 Å². The molecule has 31 heavy (non-hydrogen) atoms. The molecule has 4 aromatic rings. The molecule has 0 aliphatic rings. The molecule has 2 aromatic heterocycles. The molecule has 0 spiro atoms. The van der Waals surface area contributed by atoms with Crippen molar-refractivity contribution < 1.29 is 14.3 Å². The Balaban J connectivity index is 1.62. The van der Waals surface area contributed by atoms with Crippen LogP contribution in [0.4, 0.5) is 5.82 Å². The van der Waals surface area contributed by atoms with E-state index in [1.54, 1.807) is 17.9 Å². The Morgan fingerprint density at radius 2 is 1.77 bits per heavy atom. The van der Waals surface area contributed by atoms with Crippen LogP contribution in [0, 0.1) is 20.8 Å². The number of anilines is 1. The van der Waals surface area contributed by atoms with Gasteiger partial charge in [0.1, 0.15) is 22.8 Å². The van der Waals surface area contributed by atoms with E-state index in [2.05, 4.69) is 10.4 Å². The first-order valence-electron chi connectivity index (χ1n) is 9.96. The van der Waals surface area contributed by atoms with Gasteiger partial charge in [0.15, 0.2) is 12.4 Å². The van der Waals surface area contributed by atoms with E-state index in [0.29, 0.717) is 23.1 Å². The third kappa shape index (κ3) is 4.21. The SMILES string of the molecule is COc1cccc2c(C)cc(-n3nc(C)cc3NC(=O)COc3ccccc3C)nc12. The second-order valence-corrected chi connectivity index (χ2v) is 7.34. The zero-order valence-electron chi connectivity index (χ0n) is 18.0. The molecule has 0 fully saturated rings. The van der Waals surface area contributed by atoms with Crippen LogP contribution in [0.5, 0.6) is 11.5 Å². The highest BCUT2D eigenvalue weighted by molar-refractivity contribution is 5.92. The molecular formula is C24H24N4O3. The van der Waals surface area contributed by atoms with Gasteiger partial charge in [0, 0.05) is 11.5 Å². The summed E-state index contributed by atoms with van der Waals surface area (Å²) in [5.74, 6) is 2.21. The number of aryl methyl sites for hydroxylation is 3. The number of carbonyl (C=O) groups excluding carboxylic acids is 1. The molecule has 7 nitrogen and oxygen atoms in total. The minimum absolute atomic E-state index is 0.104. The van der Waals surface area contributed by atoms with Gasteiger partial charge in [0.25, 0.3) is 5.91 Å². The van der Waals surface area contributed by atoms with E-state index >= 15 is 0 Å². The van der Waals surface area contributed by atoms with E-state index in [1.165, 1.54) is 0 Å². The molecule has 158 valence electrons. The topological polar surface area (TPSA) is 78.3 Å². The van der Waals surface area contributed by atoms with Gasteiger partial charge in [0.05, 0.1) is 12.8 Å². The number of aromatic nitrogens is 3. The molecular weight excluding hydrogens is 392 g/mol. The summed E-state index contributed by atoms with van der Waals surface area (Å²) >= 11 is 0. The van der Waals surface area contributed by atoms with Gasteiger partial charge in [-0.25, -0.2) is 4.98 Å². The molecule has 4 rings (SSSR count). The maximum atomic E-state index is 12.6. The van der Waals surface area contributed by atoms with Crippen LogP contribution in [0.25, 0.3) is 16.7 Å². The van der Waals surface area contributed by atoms with E-state index in [4.69, 9.17) is 14.5 Å². The summed E-state index contributed by atoms with van der Waals surface area (Å²) in [6.07, 6.45) is 0. The normalized spacial score (nSPS) is 10.8.